The molecular weight excluding hydrogens is 1380 g/mol. The Bertz CT molecular complexity index is 2150. The van der Waals surface area contributed by atoms with E-state index in [-0.39, 0.29) is 11.5 Å². The van der Waals surface area contributed by atoms with Crippen molar-refractivity contribution in [2.75, 3.05) is 0 Å². The van der Waals surface area contributed by atoms with E-state index in [0.717, 1.165) is 69.2 Å². The summed E-state index contributed by atoms with van der Waals surface area (Å²) in [5.41, 5.74) is 10.0. The standard InChI is InChI=1S/C39H20F6I6O2/c40-38(41,42)52-32-15-13-28(34(48)36(32)50)24-9-11-26(30(46)18-24)22-5-1-20(2-6-22)17-21-3-7-23(8-4-21)27-12-10-25(19-31(27)47)29-14-16-33(37(51)35(29)49)53-39(43,44)45/h1-16,18-19H,17H2. The van der Waals surface area contributed by atoms with Crippen LogP contribution in [-0.4, -0.2) is 12.7 Å². The Hall–Kier alpha value is -1.12. The van der Waals surface area contributed by atoms with Crippen molar-refractivity contribution in [1.82, 2.24) is 0 Å². The lowest BCUT2D eigenvalue weighted by Gasteiger charge is -2.15. The molecule has 272 valence electrons. The highest BCUT2D eigenvalue weighted by atomic mass is 127. The molecule has 0 radical (unpaired) electrons. The van der Waals surface area contributed by atoms with Gasteiger partial charge in [-0.25, -0.2) is 0 Å². The quantitative estimate of drug-likeness (QED) is 0.112. The lowest BCUT2D eigenvalue weighted by atomic mass is 9.96. The largest absolute Gasteiger partial charge is 0.573 e. The van der Waals surface area contributed by atoms with Crippen LogP contribution in [0.25, 0.3) is 44.5 Å². The zero-order chi connectivity index (χ0) is 38.2. The highest BCUT2D eigenvalue weighted by molar-refractivity contribution is 14.1. The molecule has 0 spiro atoms. The van der Waals surface area contributed by atoms with Gasteiger partial charge in [0.1, 0.15) is 11.5 Å². The summed E-state index contributed by atoms with van der Waals surface area (Å²) in [6.45, 7) is 0. The molecular formula is C39H20F6I6O2. The minimum atomic E-state index is -4.75. The van der Waals surface area contributed by atoms with Crippen molar-refractivity contribution in [1.29, 1.82) is 0 Å². The van der Waals surface area contributed by atoms with E-state index in [0.29, 0.717) is 14.3 Å². The summed E-state index contributed by atoms with van der Waals surface area (Å²) in [5, 5.41) is 0. The summed E-state index contributed by atoms with van der Waals surface area (Å²) in [4.78, 5) is 0. The molecule has 0 aromatic heterocycles. The van der Waals surface area contributed by atoms with Crippen LogP contribution in [-0.2, 0) is 6.42 Å². The van der Waals surface area contributed by atoms with Gasteiger partial charge in [-0.05, 0) is 234 Å². The molecule has 0 unspecified atom stereocenters. The molecule has 0 atom stereocenters. The first-order chi connectivity index (χ1) is 25.0. The number of benzene rings is 6. The summed E-state index contributed by atoms with van der Waals surface area (Å²) in [6, 6.07) is 35.0. The summed E-state index contributed by atoms with van der Waals surface area (Å²) >= 11 is 12.5. The van der Waals surface area contributed by atoms with Gasteiger partial charge in [-0.2, -0.15) is 0 Å². The van der Waals surface area contributed by atoms with Crippen molar-refractivity contribution < 1.29 is 35.8 Å². The van der Waals surface area contributed by atoms with Crippen molar-refractivity contribution in [2.24, 2.45) is 0 Å². The van der Waals surface area contributed by atoms with Crippen LogP contribution >= 0.6 is 136 Å². The summed E-state index contributed by atoms with van der Waals surface area (Å²) in [5.74, 6) is -0.428. The minimum Gasteiger partial charge on any atom is -0.405 e. The second kappa shape index (κ2) is 17.2. The minimum absolute atomic E-state index is 0.214. The normalized spacial score (nSPS) is 11.8. The molecule has 0 heterocycles. The molecule has 0 aliphatic rings. The van der Waals surface area contributed by atoms with E-state index in [9.17, 15) is 26.3 Å². The SMILES string of the molecule is FC(F)(F)Oc1ccc(-c2ccc(-c3ccc(Cc4ccc(-c5ccc(-c6ccc(OC(F)(F)F)c(I)c6I)cc5I)cc4)cc3)c(I)c2)c(I)c1I. The molecule has 0 bridgehead atoms. The fraction of sp³-hybridized carbons (Fsp3) is 0.0769. The van der Waals surface area contributed by atoms with Crippen molar-refractivity contribution >= 4 is 136 Å². The van der Waals surface area contributed by atoms with E-state index < -0.39 is 12.7 Å². The van der Waals surface area contributed by atoms with Gasteiger partial charge in [0.25, 0.3) is 0 Å². The first kappa shape index (κ1) is 41.5. The number of halogens is 12. The number of hydrogen-bond acceptors (Lipinski definition) is 2. The van der Waals surface area contributed by atoms with Crippen LogP contribution in [0.15, 0.2) is 109 Å². The molecule has 0 N–H and O–H groups in total. The molecule has 6 rings (SSSR count). The molecule has 6 aromatic rings. The second-order valence-corrected chi connectivity index (χ2v) is 18.2. The Morgan fingerprint density at radius 1 is 0.377 bits per heavy atom. The average molecular weight is 1400 g/mol. The van der Waals surface area contributed by atoms with E-state index in [1.54, 1.807) is 12.1 Å². The van der Waals surface area contributed by atoms with Gasteiger partial charge in [-0.1, -0.05) is 72.8 Å². The summed E-state index contributed by atoms with van der Waals surface area (Å²) in [7, 11) is 0. The van der Waals surface area contributed by atoms with Crippen molar-refractivity contribution in [2.45, 2.75) is 19.1 Å². The third kappa shape index (κ3) is 10.3. The number of ether oxygens (including phenoxy) is 2. The fourth-order valence-electron chi connectivity index (χ4n) is 5.59. The predicted octanol–water partition coefficient (Wildman–Crippen LogP) is 15.4. The lowest BCUT2D eigenvalue weighted by molar-refractivity contribution is -0.276. The molecule has 53 heavy (non-hydrogen) atoms. The Balaban J connectivity index is 1.13. The maximum Gasteiger partial charge on any atom is 0.573 e. The highest BCUT2D eigenvalue weighted by Crippen LogP contribution is 2.40. The van der Waals surface area contributed by atoms with E-state index in [1.807, 2.05) is 81.6 Å². The first-order valence-corrected chi connectivity index (χ1v) is 21.7. The van der Waals surface area contributed by atoms with Gasteiger partial charge in [-0.15, -0.1) is 26.3 Å². The Labute approximate surface area is 383 Å². The first-order valence-electron chi connectivity index (χ1n) is 15.2. The predicted molar refractivity (Wildman–Crippen MR) is 247 cm³/mol. The Kier molecular flexibility index (Phi) is 13.4. The van der Waals surface area contributed by atoms with Gasteiger partial charge in [0.2, 0.25) is 0 Å². The van der Waals surface area contributed by atoms with Crippen molar-refractivity contribution in [3.63, 3.8) is 0 Å². The third-order valence-corrected chi connectivity index (χ3v) is 16.3. The molecule has 0 fully saturated rings. The van der Waals surface area contributed by atoms with Crippen LogP contribution in [0.5, 0.6) is 11.5 Å². The lowest BCUT2D eigenvalue weighted by Crippen LogP contribution is -2.18. The molecule has 6 aromatic carbocycles. The van der Waals surface area contributed by atoms with Gasteiger partial charge in [0, 0.05) is 14.3 Å². The molecule has 0 saturated heterocycles. The zero-order valence-electron chi connectivity index (χ0n) is 26.5. The van der Waals surface area contributed by atoms with Crippen LogP contribution in [0.3, 0.4) is 0 Å². The summed E-state index contributed by atoms with van der Waals surface area (Å²) < 4.78 is 89.4. The molecule has 0 aliphatic heterocycles. The Morgan fingerprint density at radius 2 is 0.698 bits per heavy atom. The smallest absolute Gasteiger partial charge is 0.405 e. The molecule has 2 nitrogen and oxygen atoms in total. The van der Waals surface area contributed by atoms with E-state index in [2.05, 4.69) is 148 Å². The molecule has 0 saturated carbocycles. The van der Waals surface area contributed by atoms with E-state index >= 15 is 0 Å². The fourth-order valence-corrected chi connectivity index (χ4v) is 9.92. The second-order valence-electron chi connectivity index (χ2n) is 11.5. The maximum atomic E-state index is 12.8. The van der Waals surface area contributed by atoms with Gasteiger partial charge in [0.05, 0.1) is 7.14 Å². The zero-order valence-corrected chi connectivity index (χ0v) is 39.4. The van der Waals surface area contributed by atoms with Gasteiger partial charge >= 0.3 is 12.7 Å². The molecule has 14 heteroatoms. The number of hydrogen-bond donors (Lipinski definition) is 0. The van der Waals surface area contributed by atoms with Crippen LogP contribution in [0.2, 0.25) is 0 Å². The van der Waals surface area contributed by atoms with Crippen LogP contribution in [0.4, 0.5) is 26.3 Å². The topological polar surface area (TPSA) is 18.5 Å². The van der Waals surface area contributed by atoms with Gasteiger partial charge in [0.15, 0.2) is 0 Å². The maximum absolute atomic E-state index is 12.8. The number of alkyl halides is 6. The van der Waals surface area contributed by atoms with Crippen LogP contribution < -0.4 is 9.47 Å². The van der Waals surface area contributed by atoms with Crippen LogP contribution in [0.1, 0.15) is 11.1 Å². The Morgan fingerprint density at radius 3 is 1.02 bits per heavy atom. The monoisotopic (exact) mass is 1400 g/mol. The van der Waals surface area contributed by atoms with Gasteiger partial charge < -0.3 is 9.47 Å². The van der Waals surface area contributed by atoms with Gasteiger partial charge in [-0.3, -0.25) is 0 Å². The average Bonchev–Trinajstić information content (AvgIpc) is 3.09. The van der Waals surface area contributed by atoms with Crippen molar-refractivity contribution in [3.8, 4) is 56.0 Å². The highest BCUT2D eigenvalue weighted by Gasteiger charge is 2.33. The van der Waals surface area contributed by atoms with Crippen LogP contribution in [0, 0.1) is 21.4 Å². The van der Waals surface area contributed by atoms with Crippen molar-refractivity contribution in [3.05, 3.63) is 142 Å². The van der Waals surface area contributed by atoms with E-state index in [1.165, 1.54) is 12.1 Å². The number of rotatable bonds is 8. The molecule has 0 aliphatic carbocycles. The van der Waals surface area contributed by atoms with E-state index in [4.69, 9.17) is 0 Å². The third-order valence-electron chi connectivity index (χ3n) is 8.04. The molecule has 0 amide bonds. The summed E-state index contributed by atoms with van der Waals surface area (Å²) in [6.07, 6.45) is -8.75.